The summed E-state index contributed by atoms with van der Waals surface area (Å²) in [6, 6.07) is 3.69. The topological polar surface area (TPSA) is 77.9 Å². The van der Waals surface area contributed by atoms with Crippen LogP contribution in [0.5, 0.6) is 0 Å². The van der Waals surface area contributed by atoms with Gasteiger partial charge < -0.3 is 9.67 Å². The highest BCUT2D eigenvalue weighted by Gasteiger charge is 2.37. The molecule has 0 saturated heterocycles. The van der Waals surface area contributed by atoms with E-state index >= 15 is 4.39 Å². The van der Waals surface area contributed by atoms with Crippen LogP contribution in [0.3, 0.4) is 0 Å². The van der Waals surface area contributed by atoms with Crippen LogP contribution >= 0.6 is 11.6 Å². The zero-order valence-electron chi connectivity index (χ0n) is 17.4. The number of nitrogens with zero attached hydrogens (tertiary/aromatic N) is 5. The molecule has 2 heterocycles. The molecule has 0 radical (unpaired) electrons. The maximum absolute atomic E-state index is 15.2. The number of hydrogen-bond acceptors (Lipinski definition) is 4. The molecule has 0 aliphatic rings. The van der Waals surface area contributed by atoms with Crippen molar-refractivity contribution in [1.29, 1.82) is 0 Å². The maximum Gasteiger partial charge on any atom is 0.393 e. The number of aliphatic hydroxyl groups excluding tert-OH is 1. The Balaban J connectivity index is 2.21. The second-order valence-electron chi connectivity index (χ2n) is 7.14. The standard InChI is InChI=1S/C20H19ClF5N5O2/c1-3-29-17(10-32)28-31(19(29)33)18-27-8-16(30(18)9-11(2)20(24,25)26)15(23)7-12-13(21)5-4-6-14(12)22/h4-8,11,32H,3,9-10H2,1-2H3/b15-7-/t11-/m1/s1. The molecule has 0 amide bonds. The summed E-state index contributed by atoms with van der Waals surface area (Å²) in [5, 5.41) is 13.2. The van der Waals surface area contributed by atoms with Gasteiger partial charge in [-0.05, 0) is 25.1 Å². The van der Waals surface area contributed by atoms with Gasteiger partial charge in [-0.15, -0.1) is 9.78 Å². The van der Waals surface area contributed by atoms with E-state index in [0.29, 0.717) is 4.68 Å². The highest BCUT2D eigenvalue weighted by atomic mass is 35.5. The molecule has 0 aliphatic carbocycles. The van der Waals surface area contributed by atoms with Crippen LogP contribution in [0.1, 0.15) is 30.9 Å². The third kappa shape index (κ3) is 4.86. The van der Waals surface area contributed by atoms with Gasteiger partial charge in [-0.25, -0.2) is 18.6 Å². The molecular weight excluding hydrogens is 473 g/mol. The van der Waals surface area contributed by atoms with Gasteiger partial charge in [0.2, 0.25) is 5.95 Å². The molecule has 13 heteroatoms. The van der Waals surface area contributed by atoms with Crippen molar-refractivity contribution >= 4 is 23.5 Å². The molecule has 2 aromatic heterocycles. The summed E-state index contributed by atoms with van der Waals surface area (Å²) in [5.74, 6) is -4.35. The van der Waals surface area contributed by atoms with Crippen molar-refractivity contribution in [3.63, 3.8) is 0 Å². The maximum atomic E-state index is 15.2. The molecular formula is C20H19ClF5N5O2. The van der Waals surface area contributed by atoms with Crippen LogP contribution in [0, 0.1) is 11.7 Å². The number of aliphatic hydroxyl groups is 1. The van der Waals surface area contributed by atoms with Crippen molar-refractivity contribution in [3.8, 4) is 5.95 Å². The first-order valence-corrected chi connectivity index (χ1v) is 10.1. The Morgan fingerprint density at radius 2 is 2.00 bits per heavy atom. The molecule has 1 N–H and O–H groups in total. The van der Waals surface area contributed by atoms with Gasteiger partial charge in [-0.3, -0.25) is 4.57 Å². The van der Waals surface area contributed by atoms with E-state index in [1.54, 1.807) is 6.92 Å². The predicted octanol–water partition coefficient (Wildman–Crippen LogP) is 4.20. The molecule has 0 aliphatic heterocycles. The predicted molar refractivity (Wildman–Crippen MR) is 111 cm³/mol. The van der Waals surface area contributed by atoms with Crippen molar-refractivity contribution in [2.75, 3.05) is 0 Å². The molecule has 0 spiro atoms. The van der Waals surface area contributed by atoms with Gasteiger partial charge in [0.1, 0.15) is 18.3 Å². The first-order chi connectivity index (χ1) is 15.5. The van der Waals surface area contributed by atoms with Gasteiger partial charge in [-0.1, -0.05) is 24.6 Å². The zero-order valence-corrected chi connectivity index (χ0v) is 18.2. The number of halogens is 6. The molecule has 3 aromatic rings. The third-order valence-corrected chi connectivity index (χ3v) is 5.28. The van der Waals surface area contributed by atoms with Gasteiger partial charge >= 0.3 is 11.9 Å². The normalized spacial score (nSPS) is 13.5. The highest BCUT2D eigenvalue weighted by Crippen LogP contribution is 2.31. The monoisotopic (exact) mass is 491 g/mol. The summed E-state index contributed by atoms with van der Waals surface area (Å²) in [6.45, 7) is 1.20. The van der Waals surface area contributed by atoms with Crippen LogP contribution in [-0.2, 0) is 19.7 Å². The van der Waals surface area contributed by atoms with Gasteiger partial charge in [0.05, 0.1) is 22.8 Å². The summed E-state index contributed by atoms with van der Waals surface area (Å²) in [6.07, 6.45) is -2.98. The molecule has 1 aromatic carbocycles. The zero-order chi connectivity index (χ0) is 24.5. The van der Waals surface area contributed by atoms with Gasteiger partial charge in [0, 0.05) is 18.7 Å². The Hall–Kier alpha value is -2.99. The van der Waals surface area contributed by atoms with Gasteiger partial charge in [-0.2, -0.15) is 13.2 Å². The van der Waals surface area contributed by atoms with E-state index in [2.05, 4.69) is 10.1 Å². The van der Waals surface area contributed by atoms with Gasteiger partial charge in [0.25, 0.3) is 0 Å². The number of aromatic nitrogens is 5. The van der Waals surface area contributed by atoms with Crippen LogP contribution in [0.2, 0.25) is 5.02 Å². The van der Waals surface area contributed by atoms with Crippen LogP contribution in [0.25, 0.3) is 17.9 Å². The van der Waals surface area contributed by atoms with E-state index in [0.717, 1.165) is 34.4 Å². The molecule has 0 fully saturated rings. The SMILES string of the molecule is CCn1c(CO)nn(-c2ncc(/C(F)=C/c3c(F)cccc3Cl)n2C[C@@H](C)C(F)(F)F)c1=O. The minimum absolute atomic E-state index is 0.0448. The van der Waals surface area contributed by atoms with Crippen molar-refractivity contribution in [3.05, 3.63) is 62.8 Å². The fourth-order valence-electron chi connectivity index (χ4n) is 3.13. The Morgan fingerprint density at radius 3 is 2.55 bits per heavy atom. The van der Waals surface area contributed by atoms with Crippen LogP contribution in [-0.4, -0.2) is 35.2 Å². The number of rotatable bonds is 7. The van der Waals surface area contributed by atoms with Crippen LogP contribution in [0.4, 0.5) is 22.0 Å². The van der Waals surface area contributed by atoms with E-state index < -0.39 is 54.2 Å². The molecule has 1 atom stereocenters. The van der Waals surface area contributed by atoms with E-state index in [4.69, 9.17) is 11.6 Å². The number of benzene rings is 1. The molecule has 0 unspecified atom stereocenters. The van der Waals surface area contributed by atoms with Crippen molar-refractivity contribution in [2.24, 2.45) is 5.92 Å². The lowest BCUT2D eigenvalue weighted by molar-refractivity contribution is -0.172. The molecule has 33 heavy (non-hydrogen) atoms. The summed E-state index contributed by atoms with van der Waals surface area (Å²) in [5.41, 5.74) is -1.52. The van der Waals surface area contributed by atoms with E-state index in [9.17, 15) is 27.5 Å². The van der Waals surface area contributed by atoms with E-state index in [1.165, 1.54) is 12.1 Å². The average Bonchev–Trinajstić information content (AvgIpc) is 3.30. The fraction of sp³-hybridized carbons (Fsp3) is 0.350. The molecule has 178 valence electrons. The molecule has 3 rings (SSSR count). The first-order valence-electron chi connectivity index (χ1n) is 9.73. The summed E-state index contributed by atoms with van der Waals surface area (Å²) < 4.78 is 71.7. The minimum atomic E-state index is -4.63. The molecule has 0 saturated carbocycles. The smallest absolute Gasteiger partial charge is 0.388 e. The van der Waals surface area contributed by atoms with Crippen LogP contribution < -0.4 is 5.69 Å². The quantitative estimate of drug-likeness (QED) is 0.502. The second kappa shape index (κ2) is 9.48. The first kappa shape index (κ1) is 24.6. The van der Waals surface area contributed by atoms with Gasteiger partial charge in [0.15, 0.2) is 5.82 Å². The summed E-state index contributed by atoms with van der Waals surface area (Å²) >= 11 is 5.91. The Kier molecular flexibility index (Phi) is 7.08. The second-order valence-corrected chi connectivity index (χ2v) is 7.54. The minimum Gasteiger partial charge on any atom is -0.388 e. The Morgan fingerprint density at radius 1 is 1.30 bits per heavy atom. The Bertz CT molecular complexity index is 1220. The lowest BCUT2D eigenvalue weighted by Gasteiger charge is -2.18. The fourth-order valence-corrected chi connectivity index (χ4v) is 3.35. The number of hydrogen-bond donors (Lipinski definition) is 1. The van der Waals surface area contributed by atoms with E-state index in [-0.39, 0.29) is 23.0 Å². The van der Waals surface area contributed by atoms with E-state index in [1.807, 2.05) is 0 Å². The Labute approximate surface area is 189 Å². The summed E-state index contributed by atoms with van der Waals surface area (Å²) in [4.78, 5) is 16.6. The number of imidazole rings is 1. The molecule has 0 bridgehead atoms. The van der Waals surface area contributed by atoms with Crippen molar-refractivity contribution in [2.45, 2.75) is 39.7 Å². The van der Waals surface area contributed by atoms with Crippen molar-refractivity contribution in [1.82, 2.24) is 23.9 Å². The van der Waals surface area contributed by atoms with Crippen molar-refractivity contribution < 1.29 is 27.1 Å². The molecule has 7 nitrogen and oxygen atoms in total. The lowest BCUT2D eigenvalue weighted by atomic mass is 10.1. The lowest BCUT2D eigenvalue weighted by Crippen LogP contribution is -2.29. The van der Waals surface area contributed by atoms with Crippen LogP contribution in [0.15, 0.2) is 29.2 Å². The summed E-state index contributed by atoms with van der Waals surface area (Å²) in [7, 11) is 0. The highest BCUT2D eigenvalue weighted by molar-refractivity contribution is 6.32. The number of alkyl halides is 3. The third-order valence-electron chi connectivity index (χ3n) is 4.95. The largest absolute Gasteiger partial charge is 0.393 e. The average molecular weight is 492 g/mol.